The minimum absolute atomic E-state index is 0.0755. The maximum Gasteiger partial charge on any atom is 0.207 e. The van der Waals surface area contributed by atoms with E-state index in [1.807, 2.05) is 30.7 Å². The number of nitrogens with two attached hydrogens (primary N) is 1. The number of fused-ring (bicyclic) bond motifs is 1. The molecule has 4 aromatic heterocycles. The van der Waals surface area contributed by atoms with Gasteiger partial charge in [-0.05, 0) is 77.2 Å². The first kappa shape index (κ1) is 34.5. The molecule has 254 valence electrons. The first-order valence-corrected chi connectivity index (χ1v) is 17.8. The molecule has 3 N–H and O–H groups in total. The van der Waals surface area contributed by atoms with Gasteiger partial charge in [-0.25, -0.2) is 14.6 Å². The molecule has 5 heterocycles. The molecular formula is C36H53N9O2. The molecule has 0 bridgehead atoms. The van der Waals surface area contributed by atoms with Crippen LogP contribution in [0, 0.1) is 0 Å². The number of nitrogen functional groups attached to an aromatic ring is 1. The number of pyridine rings is 1. The van der Waals surface area contributed by atoms with Crippen LogP contribution < -0.4 is 11.1 Å². The molecule has 6 rings (SSSR count). The van der Waals surface area contributed by atoms with E-state index in [9.17, 15) is 4.79 Å². The second-order valence-electron chi connectivity index (χ2n) is 13.3. The van der Waals surface area contributed by atoms with E-state index >= 15 is 0 Å². The summed E-state index contributed by atoms with van der Waals surface area (Å²) in [6.07, 6.45) is 21.9. The van der Waals surface area contributed by atoms with Gasteiger partial charge in [-0.2, -0.15) is 5.10 Å². The zero-order valence-corrected chi connectivity index (χ0v) is 28.6. The average molecular weight is 644 g/mol. The molecule has 11 nitrogen and oxygen atoms in total. The van der Waals surface area contributed by atoms with E-state index in [0.29, 0.717) is 47.1 Å². The van der Waals surface area contributed by atoms with Crippen LogP contribution in [0.25, 0.3) is 33.7 Å². The molecule has 4 aromatic rings. The number of nitrogens with one attached hydrogen (secondary N) is 1. The number of unbranched alkanes of at least 4 members (excludes halogenated alkanes) is 7. The molecule has 1 aliphatic carbocycles. The molecule has 2 fully saturated rings. The van der Waals surface area contributed by atoms with Crippen molar-refractivity contribution in [1.82, 2.24) is 40.1 Å². The molecular weight excluding hydrogens is 590 g/mol. The van der Waals surface area contributed by atoms with Gasteiger partial charge in [0.15, 0.2) is 5.65 Å². The lowest BCUT2D eigenvalue weighted by molar-refractivity contribution is -0.109. The Kier molecular flexibility index (Phi) is 12.7. The number of nitrogens with zero attached hydrogens (tertiary/aromatic N) is 7. The Morgan fingerprint density at radius 3 is 2.38 bits per heavy atom. The summed E-state index contributed by atoms with van der Waals surface area (Å²) >= 11 is 0. The summed E-state index contributed by atoms with van der Waals surface area (Å²) in [4.78, 5) is 26.4. The fourth-order valence-electron chi connectivity index (χ4n) is 6.35. The van der Waals surface area contributed by atoms with Crippen molar-refractivity contribution in [3.8, 4) is 22.6 Å². The molecule has 2 aliphatic rings. The van der Waals surface area contributed by atoms with E-state index in [2.05, 4.69) is 37.2 Å². The molecule has 0 spiro atoms. The number of hydrogen-bond acceptors (Lipinski definition) is 9. The van der Waals surface area contributed by atoms with Crippen molar-refractivity contribution in [2.24, 2.45) is 0 Å². The van der Waals surface area contributed by atoms with E-state index < -0.39 is 0 Å². The van der Waals surface area contributed by atoms with Crippen LogP contribution in [0.2, 0.25) is 0 Å². The summed E-state index contributed by atoms with van der Waals surface area (Å²) < 4.78 is 7.62. The Hall–Kier alpha value is -3.86. The van der Waals surface area contributed by atoms with Crippen molar-refractivity contribution in [2.45, 2.75) is 123 Å². The van der Waals surface area contributed by atoms with Crippen LogP contribution in [0.4, 0.5) is 5.82 Å². The molecule has 1 amide bonds. The highest BCUT2D eigenvalue weighted by atomic mass is 16.5. The molecule has 0 radical (unpaired) electrons. The van der Waals surface area contributed by atoms with Crippen LogP contribution in [0.3, 0.4) is 0 Å². The quantitative estimate of drug-likeness (QED) is 0.0941. The predicted octanol–water partition coefficient (Wildman–Crippen LogP) is 7.44. The number of anilines is 1. The average Bonchev–Trinajstić information content (AvgIpc) is 3.71. The lowest BCUT2D eigenvalue weighted by atomic mass is 10.0. The maximum atomic E-state index is 10.6. The Morgan fingerprint density at radius 1 is 0.979 bits per heavy atom. The van der Waals surface area contributed by atoms with Crippen molar-refractivity contribution in [2.75, 3.05) is 25.4 Å². The first-order chi connectivity index (χ1) is 23.0. The Labute approximate surface area is 279 Å². The molecule has 47 heavy (non-hydrogen) atoms. The van der Waals surface area contributed by atoms with Crippen LogP contribution in [0.1, 0.15) is 128 Å². The minimum Gasteiger partial charge on any atom is -0.383 e. The number of likely N-dealkylation sites (tertiary alicyclic amines) is 1. The predicted molar refractivity (Wildman–Crippen MR) is 187 cm³/mol. The molecule has 0 atom stereocenters. The van der Waals surface area contributed by atoms with Crippen LogP contribution in [0.5, 0.6) is 0 Å². The molecule has 1 aliphatic heterocycles. The summed E-state index contributed by atoms with van der Waals surface area (Å²) in [5.74, 6) is 1.47. The van der Waals surface area contributed by atoms with Gasteiger partial charge < -0.3 is 20.5 Å². The minimum atomic E-state index is 0.0755. The SMILES string of the molecule is CC(C)n1nc(-c2noc(C3CC3)c2-c2ccc(CNC=O)cn2)c2c(N)ncnc21.CCCCCCCCCCN1CCCCC1. The van der Waals surface area contributed by atoms with Gasteiger partial charge in [0, 0.05) is 24.7 Å². The fraction of sp³-hybridized carbons (Fsp3) is 0.611. The smallest absolute Gasteiger partial charge is 0.207 e. The van der Waals surface area contributed by atoms with Gasteiger partial charge in [0.2, 0.25) is 6.41 Å². The number of amides is 1. The van der Waals surface area contributed by atoms with E-state index in [-0.39, 0.29) is 6.04 Å². The van der Waals surface area contributed by atoms with Gasteiger partial charge in [0.1, 0.15) is 29.3 Å². The zero-order chi connectivity index (χ0) is 33.0. The summed E-state index contributed by atoms with van der Waals surface area (Å²) in [6.45, 7) is 10.9. The number of carbonyl (C=O) groups excluding carboxylic acids is 1. The maximum absolute atomic E-state index is 10.6. The normalized spacial score (nSPS) is 15.1. The highest BCUT2D eigenvalue weighted by molar-refractivity contribution is 6.00. The number of aromatic nitrogens is 6. The monoisotopic (exact) mass is 643 g/mol. The summed E-state index contributed by atoms with van der Waals surface area (Å²) in [6, 6.07) is 3.91. The number of carbonyl (C=O) groups is 1. The van der Waals surface area contributed by atoms with E-state index in [1.54, 1.807) is 6.20 Å². The van der Waals surface area contributed by atoms with Crippen LogP contribution in [-0.4, -0.2) is 60.8 Å². The lowest BCUT2D eigenvalue weighted by Gasteiger charge is -2.26. The van der Waals surface area contributed by atoms with Gasteiger partial charge in [-0.3, -0.25) is 9.78 Å². The lowest BCUT2D eigenvalue weighted by Crippen LogP contribution is -2.30. The van der Waals surface area contributed by atoms with E-state index in [1.165, 1.54) is 96.6 Å². The number of rotatable bonds is 16. The van der Waals surface area contributed by atoms with Gasteiger partial charge in [-0.15, -0.1) is 0 Å². The number of hydrogen-bond donors (Lipinski definition) is 2. The molecule has 11 heteroatoms. The Bertz CT molecular complexity index is 1540. The van der Waals surface area contributed by atoms with Crippen molar-refractivity contribution in [1.29, 1.82) is 0 Å². The van der Waals surface area contributed by atoms with Gasteiger partial charge in [0.05, 0.1) is 16.6 Å². The standard InChI is InChI=1S/C21H22N8O2.C15H31N/c1-11(2)29-21-16(20(22)25-9-26-21)17(27-29)18-15(19(31-28-18)13-4-5-13)14-6-3-12(8-24-14)7-23-10-30;1-2-3-4-5-6-7-8-10-13-16-14-11-9-12-15-16/h3,6,8-11,13H,4-5,7H2,1-2H3,(H,23,30)(H2,22,25,26);2-15H2,1H3. The largest absolute Gasteiger partial charge is 0.383 e. The molecule has 1 saturated heterocycles. The third-order valence-electron chi connectivity index (χ3n) is 9.15. The first-order valence-electron chi connectivity index (χ1n) is 17.8. The highest BCUT2D eigenvalue weighted by Crippen LogP contribution is 2.48. The van der Waals surface area contributed by atoms with E-state index in [0.717, 1.165) is 35.4 Å². The Balaban J connectivity index is 0.000000230. The highest BCUT2D eigenvalue weighted by Gasteiger charge is 2.35. The summed E-state index contributed by atoms with van der Waals surface area (Å²) in [5, 5.41) is 12.5. The summed E-state index contributed by atoms with van der Waals surface area (Å²) in [5.41, 5.74) is 10.5. The molecule has 1 saturated carbocycles. The van der Waals surface area contributed by atoms with Crippen LogP contribution >= 0.6 is 0 Å². The second kappa shape index (κ2) is 17.3. The van der Waals surface area contributed by atoms with Crippen LogP contribution in [-0.2, 0) is 11.3 Å². The van der Waals surface area contributed by atoms with E-state index in [4.69, 9.17) is 15.4 Å². The van der Waals surface area contributed by atoms with Crippen molar-refractivity contribution in [3.05, 3.63) is 36.0 Å². The van der Waals surface area contributed by atoms with Crippen molar-refractivity contribution >= 4 is 23.3 Å². The Morgan fingerprint density at radius 2 is 1.72 bits per heavy atom. The van der Waals surface area contributed by atoms with Gasteiger partial charge >= 0.3 is 0 Å². The van der Waals surface area contributed by atoms with Gasteiger partial charge in [0.25, 0.3) is 0 Å². The number of piperidine rings is 1. The van der Waals surface area contributed by atoms with Crippen molar-refractivity contribution in [3.63, 3.8) is 0 Å². The van der Waals surface area contributed by atoms with Gasteiger partial charge in [-0.1, -0.05) is 69.5 Å². The topological polar surface area (TPSA) is 141 Å². The van der Waals surface area contributed by atoms with Crippen molar-refractivity contribution < 1.29 is 9.32 Å². The third-order valence-corrected chi connectivity index (χ3v) is 9.15. The second-order valence-corrected chi connectivity index (χ2v) is 13.3. The third kappa shape index (κ3) is 9.15. The zero-order valence-electron chi connectivity index (χ0n) is 28.6. The van der Waals surface area contributed by atoms with Crippen LogP contribution in [0.15, 0.2) is 29.2 Å². The molecule has 0 aromatic carbocycles. The fourth-order valence-corrected chi connectivity index (χ4v) is 6.35. The summed E-state index contributed by atoms with van der Waals surface area (Å²) in [7, 11) is 0. The molecule has 0 unspecified atom stereocenters.